The van der Waals surface area contributed by atoms with Gasteiger partial charge in [-0.15, -0.1) is 5.10 Å². The molecule has 0 bridgehead atoms. The maximum absolute atomic E-state index is 11.8. The van der Waals surface area contributed by atoms with Crippen molar-refractivity contribution >= 4 is 12.2 Å². The zero-order valence-electron chi connectivity index (χ0n) is 10.5. The monoisotopic (exact) mass is 286 g/mol. The molecule has 0 aliphatic heterocycles. The summed E-state index contributed by atoms with van der Waals surface area (Å²) in [6.07, 6.45) is 0. The van der Waals surface area contributed by atoms with Crippen LogP contribution in [0.15, 0.2) is 39.5 Å². The van der Waals surface area contributed by atoms with E-state index in [4.69, 9.17) is 16.6 Å². The average Bonchev–Trinajstić information content (AvgIpc) is 2.87. The largest absolute Gasteiger partial charge is 0.409 e. The standard InChI is InChI=1S/C13H10N4O2S/c1-7-2-4-8(5-3-7)10-6-9(11(18)15-14-10)12-16-17-13(20)19-12/h2-6H,1H3,(H,15,18)(H,17,20). The smallest absolute Gasteiger partial charge is 0.284 e. The van der Waals surface area contributed by atoms with Crippen LogP contribution < -0.4 is 5.56 Å². The van der Waals surface area contributed by atoms with E-state index in [1.807, 2.05) is 31.2 Å². The Morgan fingerprint density at radius 3 is 2.55 bits per heavy atom. The first-order valence-corrected chi connectivity index (χ1v) is 6.27. The molecule has 0 fully saturated rings. The molecule has 0 atom stereocenters. The van der Waals surface area contributed by atoms with E-state index in [1.165, 1.54) is 0 Å². The van der Waals surface area contributed by atoms with Crippen LogP contribution in [-0.2, 0) is 0 Å². The number of nitrogens with zero attached hydrogens (tertiary/aromatic N) is 2. The molecule has 0 spiro atoms. The van der Waals surface area contributed by atoms with Crippen LogP contribution in [0.1, 0.15) is 5.56 Å². The molecule has 0 saturated carbocycles. The lowest BCUT2D eigenvalue weighted by atomic mass is 10.1. The Bertz CT molecular complexity index is 861. The van der Waals surface area contributed by atoms with E-state index in [9.17, 15) is 4.79 Å². The molecule has 0 saturated heterocycles. The predicted molar refractivity (Wildman–Crippen MR) is 75.7 cm³/mol. The lowest BCUT2D eigenvalue weighted by Gasteiger charge is -2.02. The zero-order chi connectivity index (χ0) is 14.1. The number of nitrogens with one attached hydrogen (secondary N) is 2. The van der Waals surface area contributed by atoms with Crippen molar-refractivity contribution in [1.82, 2.24) is 20.4 Å². The summed E-state index contributed by atoms with van der Waals surface area (Å²) < 4.78 is 5.16. The quantitative estimate of drug-likeness (QED) is 0.706. The molecule has 0 aliphatic carbocycles. The van der Waals surface area contributed by atoms with Crippen LogP contribution in [-0.4, -0.2) is 20.4 Å². The number of aromatic nitrogens is 4. The van der Waals surface area contributed by atoms with Gasteiger partial charge < -0.3 is 4.42 Å². The number of aryl methyl sites for hydroxylation is 1. The van der Waals surface area contributed by atoms with Crippen LogP contribution in [0.3, 0.4) is 0 Å². The van der Waals surface area contributed by atoms with Crippen molar-refractivity contribution < 1.29 is 4.42 Å². The Morgan fingerprint density at radius 2 is 1.90 bits per heavy atom. The van der Waals surface area contributed by atoms with Gasteiger partial charge in [0.25, 0.3) is 16.3 Å². The third kappa shape index (κ3) is 2.30. The molecule has 7 heteroatoms. The summed E-state index contributed by atoms with van der Waals surface area (Å²) in [6, 6.07) is 9.43. The van der Waals surface area contributed by atoms with E-state index in [1.54, 1.807) is 6.07 Å². The van der Waals surface area contributed by atoms with Crippen LogP contribution in [0.4, 0.5) is 0 Å². The first kappa shape index (κ1) is 12.5. The van der Waals surface area contributed by atoms with Crippen LogP contribution in [0, 0.1) is 11.8 Å². The van der Waals surface area contributed by atoms with Gasteiger partial charge in [-0.2, -0.15) is 5.10 Å². The van der Waals surface area contributed by atoms with Crippen molar-refractivity contribution in [2.75, 3.05) is 0 Å². The number of aromatic amines is 2. The molecule has 0 radical (unpaired) electrons. The minimum Gasteiger partial charge on any atom is -0.409 e. The minimum atomic E-state index is -0.383. The molecule has 0 aliphatic rings. The molecule has 3 aromatic rings. The number of benzene rings is 1. The highest BCUT2D eigenvalue weighted by Gasteiger charge is 2.12. The second kappa shape index (κ2) is 4.86. The molecule has 20 heavy (non-hydrogen) atoms. The van der Waals surface area contributed by atoms with Gasteiger partial charge in [0.1, 0.15) is 5.56 Å². The molecule has 1 aromatic carbocycles. The molecule has 6 nitrogen and oxygen atoms in total. The van der Waals surface area contributed by atoms with Crippen molar-refractivity contribution in [3.63, 3.8) is 0 Å². The fourth-order valence-corrected chi connectivity index (χ4v) is 1.91. The summed E-state index contributed by atoms with van der Waals surface area (Å²) in [6.45, 7) is 2.00. The Kier molecular flexibility index (Phi) is 3.03. The van der Waals surface area contributed by atoms with E-state index in [2.05, 4.69) is 20.4 Å². The van der Waals surface area contributed by atoms with E-state index >= 15 is 0 Å². The second-order valence-corrected chi connectivity index (χ2v) is 4.65. The number of H-pyrrole nitrogens is 2. The topological polar surface area (TPSA) is 87.6 Å². The summed E-state index contributed by atoms with van der Waals surface area (Å²) in [7, 11) is 0. The molecular weight excluding hydrogens is 276 g/mol. The third-order valence-corrected chi connectivity index (χ3v) is 2.99. The first-order chi connectivity index (χ1) is 9.63. The highest BCUT2D eigenvalue weighted by molar-refractivity contribution is 7.71. The number of hydrogen-bond donors (Lipinski definition) is 2. The van der Waals surface area contributed by atoms with E-state index in [-0.39, 0.29) is 21.9 Å². The van der Waals surface area contributed by atoms with Gasteiger partial charge in [0, 0.05) is 5.56 Å². The van der Waals surface area contributed by atoms with Gasteiger partial charge in [-0.05, 0) is 25.2 Å². The van der Waals surface area contributed by atoms with E-state index in [0.717, 1.165) is 11.1 Å². The second-order valence-electron chi connectivity index (χ2n) is 4.28. The van der Waals surface area contributed by atoms with Gasteiger partial charge in [-0.25, -0.2) is 10.2 Å². The van der Waals surface area contributed by atoms with Gasteiger partial charge in [0.05, 0.1) is 5.69 Å². The summed E-state index contributed by atoms with van der Waals surface area (Å²) in [5.74, 6) is 0.145. The molecule has 0 unspecified atom stereocenters. The minimum absolute atomic E-state index is 0.119. The Labute approximate surface area is 118 Å². The van der Waals surface area contributed by atoms with Crippen molar-refractivity contribution in [2.45, 2.75) is 6.92 Å². The molecule has 3 rings (SSSR count). The fraction of sp³-hybridized carbons (Fsp3) is 0.0769. The van der Waals surface area contributed by atoms with Crippen LogP contribution >= 0.6 is 12.2 Å². The maximum Gasteiger partial charge on any atom is 0.284 e. The molecular formula is C13H10N4O2S. The Morgan fingerprint density at radius 1 is 1.15 bits per heavy atom. The summed E-state index contributed by atoms with van der Waals surface area (Å²) in [5, 5.41) is 12.8. The predicted octanol–water partition coefficient (Wildman–Crippen LogP) is 2.46. The van der Waals surface area contributed by atoms with Gasteiger partial charge >= 0.3 is 0 Å². The SMILES string of the molecule is Cc1ccc(-c2cc(-c3n[nH]c(=S)o3)c(=O)[nH]n2)cc1. The summed E-state index contributed by atoms with van der Waals surface area (Å²) in [4.78, 5) is 11.9. The summed E-state index contributed by atoms with van der Waals surface area (Å²) >= 11 is 4.80. The molecule has 0 amide bonds. The Hall–Kier alpha value is -2.54. The van der Waals surface area contributed by atoms with Crippen LogP contribution in [0.5, 0.6) is 0 Å². The van der Waals surface area contributed by atoms with Gasteiger partial charge in [-0.1, -0.05) is 29.8 Å². The van der Waals surface area contributed by atoms with E-state index < -0.39 is 0 Å². The summed E-state index contributed by atoms with van der Waals surface area (Å²) in [5.41, 5.74) is 2.57. The molecule has 2 N–H and O–H groups in total. The lowest BCUT2D eigenvalue weighted by molar-refractivity contribution is 0.551. The highest BCUT2D eigenvalue weighted by atomic mass is 32.1. The fourth-order valence-electron chi connectivity index (χ4n) is 1.78. The van der Waals surface area contributed by atoms with Crippen LogP contribution in [0.25, 0.3) is 22.7 Å². The van der Waals surface area contributed by atoms with Gasteiger partial charge in [-0.3, -0.25) is 4.79 Å². The third-order valence-electron chi connectivity index (χ3n) is 2.82. The van der Waals surface area contributed by atoms with Crippen molar-refractivity contribution in [3.8, 4) is 22.7 Å². The average molecular weight is 286 g/mol. The number of rotatable bonds is 2. The maximum atomic E-state index is 11.8. The highest BCUT2D eigenvalue weighted by Crippen LogP contribution is 2.20. The van der Waals surface area contributed by atoms with Crippen LogP contribution in [0.2, 0.25) is 0 Å². The lowest BCUT2D eigenvalue weighted by Crippen LogP contribution is -2.11. The molecule has 100 valence electrons. The van der Waals surface area contributed by atoms with Crippen molar-refractivity contribution in [3.05, 3.63) is 51.1 Å². The molecule has 2 aromatic heterocycles. The molecule has 2 heterocycles. The van der Waals surface area contributed by atoms with Gasteiger partial charge in [0.2, 0.25) is 0 Å². The number of hydrogen-bond acceptors (Lipinski definition) is 5. The van der Waals surface area contributed by atoms with E-state index in [0.29, 0.717) is 5.69 Å². The van der Waals surface area contributed by atoms with Gasteiger partial charge in [0.15, 0.2) is 0 Å². The van der Waals surface area contributed by atoms with Crippen molar-refractivity contribution in [1.29, 1.82) is 0 Å². The first-order valence-electron chi connectivity index (χ1n) is 5.86. The normalized spacial score (nSPS) is 10.7. The van der Waals surface area contributed by atoms with Crippen molar-refractivity contribution in [2.24, 2.45) is 0 Å². The zero-order valence-corrected chi connectivity index (χ0v) is 11.3. The Balaban J connectivity index is 2.13.